The fourth-order valence-corrected chi connectivity index (χ4v) is 1.97. The van der Waals surface area contributed by atoms with Crippen molar-refractivity contribution in [2.75, 3.05) is 18.9 Å². The molecule has 2 N–H and O–H groups in total. The fraction of sp³-hybridized carbons (Fsp3) is 0.357. The molecule has 0 aliphatic carbocycles. The zero-order valence-corrected chi connectivity index (χ0v) is 11.9. The summed E-state index contributed by atoms with van der Waals surface area (Å²) in [5.41, 5.74) is 1.61. The van der Waals surface area contributed by atoms with Crippen molar-refractivity contribution in [1.82, 2.24) is 20.1 Å². The van der Waals surface area contributed by atoms with Gasteiger partial charge in [-0.05, 0) is 19.2 Å². The summed E-state index contributed by atoms with van der Waals surface area (Å²) >= 11 is 0. The highest BCUT2D eigenvalue weighted by Crippen LogP contribution is 2.25. The smallest absolute Gasteiger partial charge is 0.228 e. The van der Waals surface area contributed by atoms with Crippen molar-refractivity contribution in [1.29, 1.82) is 0 Å². The fourth-order valence-electron chi connectivity index (χ4n) is 1.97. The van der Waals surface area contributed by atoms with Crippen LogP contribution in [0.15, 0.2) is 30.6 Å². The maximum absolute atomic E-state index is 12.1. The zero-order chi connectivity index (χ0) is 14.5. The Hall–Kier alpha value is -2.21. The highest BCUT2D eigenvalue weighted by Gasteiger charge is 2.15. The summed E-state index contributed by atoms with van der Waals surface area (Å²) in [6.07, 6.45) is 1.64. The first kappa shape index (κ1) is 14.2. The van der Waals surface area contributed by atoms with E-state index in [1.54, 1.807) is 6.33 Å². The summed E-state index contributed by atoms with van der Waals surface area (Å²) < 4.78 is 1.82. The maximum Gasteiger partial charge on any atom is 0.228 e. The number of nitrogens with zero attached hydrogens (tertiary/aromatic N) is 3. The van der Waals surface area contributed by atoms with Crippen LogP contribution in [0.4, 0.5) is 5.69 Å². The van der Waals surface area contributed by atoms with Crippen LogP contribution in [0.1, 0.15) is 6.92 Å². The average Bonchev–Trinajstić information content (AvgIpc) is 2.86. The van der Waals surface area contributed by atoms with E-state index in [0.717, 1.165) is 17.1 Å². The molecule has 0 fully saturated rings. The normalized spacial score (nSPS) is 12.2. The molecular weight excluding hydrogens is 254 g/mol. The first-order valence-corrected chi connectivity index (χ1v) is 6.52. The van der Waals surface area contributed by atoms with E-state index in [-0.39, 0.29) is 11.8 Å². The second-order valence-corrected chi connectivity index (χ2v) is 4.76. The van der Waals surface area contributed by atoms with E-state index < -0.39 is 0 Å². The molecule has 0 bridgehead atoms. The number of rotatable bonds is 5. The molecule has 20 heavy (non-hydrogen) atoms. The van der Waals surface area contributed by atoms with Crippen molar-refractivity contribution >= 4 is 11.6 Å². The molecule has 1 amide bonds. The van der Waals surface area contributed by atoms with E-state index in [1.165, 1.54) is 0 Å². The van der Waals surface area contributed by atoms with Crippen LogP contribution in [0.3, 0.4) is 0 Å². The molecule has 1 aromatic carbocycles. The largest absolute Gasteiger partial charge is 0.325 e. The molecule has 0 saturated heterocycles. The van der Waals surface area contributed by atoms with Gasteiger partial charge in [-0.2, -0.15) is 0 Å². The summed E-state index contributed by atoms with van der Waals surface area (Å²) in [5.74, 6) is 0.601. The van der Waals surface area contributed by atoms with Crippen molar-refractivity contribution in [3.8, 4) is 11.4 Å². The minimum absolute atomic E-state index is 0.0195. The third kappa shape index (κ3) is 3.03. The van der Waals surface area contributed by atoms with Crippen LogP contribution in [0.25, 0.3) is 11.4 Å². The van der Waals surface area contributed by atoms with Gasteiger partial charge in [0.1, 0.15) is 6.33 Å². The second-order valence-electron chi connectivity index (χ2n) is 4.76. The topological polar surface area (TPSA) is 71.8 Å². The monoisotopic (exact) mass is 273 g/mol. The van der Waals surface area contributed by atoms with Gasteiger partial charge in [0.05, 0.1) is 5.69 Å². The Morgan fingerprint density at radius 3 is 2.80 bits per heavy atom. The summed E-state index contributed by atoms with van der Waals surface area (Å²) in [6.45, 7) is 2.52. The Morgan fingerprint density at radius 1 is 1.40 bits per heavy atom. The molecule has 6 heteroatoms. The molecule has 1 aromatic heterocycles. The number of anilines is 1. The van der Waals surface area contributed by atoms with Crippen molar-refractivity contribution in [3.63, 3.8) is 0 Å². The van der Waals surface area contributed by atoms with E-state index in [1.807, 2.05) is 49.9 Å². The summed E-state index contributed by atoms with van der Waals surface area (Å²) in [4.78, 5) is 12.1. The van der Waals surface area contributed by atoms with E-state index >= 15 is 0 Å². The summed E-state index contributed by atoms with van der Waals surface area (Å²) in [7, 11) is 3.70. The van der Waals surface area contributed by atoms with E-state index in [4.69, 9.17) is 0 Å². The number of carbonyl (C=O) groups excluding carboxylic acids is 1. The zero-order valence-electron chi connectivity index (χ0n) is 11.9. The quantitative estimate of drug-likeness (QED) is 0.860. The number of benzene rings is 1. The summed E-state index contributed by atoms with van der Waals surface area (Å²) in [6, 6.07) is 7.59. The third-order valence-corrected chi connectivity index (χ3v) is 3.10. The lowest BCUT2D eigenvalue weighted by atomic mass is 10.1. The number of nitrogens with one attached hydrogen (secondary N) is 2. The SMILES string of the molecule is CNCC(C)C(=O)Nc1ccccc1-c1nncn1C. The molecule has 0 spiro atoms. The van der Waals surface area contributed by atoms with E-state index in [9.17, 15) is 4.79 Å². The molecule has 0 aliphatic rings. The van der Waals surface area contributed by atoms with Gasteiger partial charge in [0.15, 0.2) is 5.82 Å². The van der Waals surface area contributed by atoms with Crippen molar-refractivity contribution in [2.24, 2.45) is 13.0 Å². The standard InChI is InChI=1S/C14H19N5O/c1-10(8-15-2)14(20)17-12-7-5-4-6-11(12)13-18-16-9-19(13)3/h4-7,9-10,15H,8H2,1-3H3,(H,17,20). The highest BCUT2D eigenvalue weighted by molar-refractivity contribution is 5.96. The predicted molar refractivity (Wildman–Crippen MR) is 78.2 cm³/mol. The van der Waals surface area contributed by atoms with Gasteiger partial charge in [-0.15, -0.1) is 10.2 Å². The number of aryl methyl sites for hydroxylation is 1. The summed E-state index contributed by atoms with van der Waals surface area (Å²) in [5, 5.41) is 13.9. The molecular formula is C14H19N5O. The lowest BCUT2D eigenvalue weighted by Crippen LogP contribution is -2.28. The van der Waals surface area contributed by atoms with Crippen LogP contribution in [-0.2, 0) is 11.8 Å². The Balaban J connectivity index is 2.25. The lowest BCUT2D eigenvalue weighted by Gasteiger charge is -2.14. The van der Waals surface area contributed by atoms with Gasteiger partial charge in [0, 0.05) is 25.1 Å². The average molecular weight is 273 g/mol. The van der Waals surface area contributed by atoms with Crippen LogP contribution in [0.5, 0.6) is 0 Å². The highest BCUT2D eigenvalue weighted by atomic mass is 16.1. The Morgan fingerprint density at radius 2 is 2.15 bits per heavy atom. The molecule has 6 nitrogen and oxygen atoms in total. The van der Waals surface area contributed by atoms with Gasteiger partial charge in [-0.1, -0.05) is 19.1 Å². The van der Waals surface area contributed by atoms with Crippen LogP contribution in [0, 0.1) is 5.92 Å². The minimum Gasteiger partial charge on any atom is -0.325 e. The lowest BCUT2D eigenvalue weighted by molar-refractivity contribution is -0.119. The second kappa shape index (κ2) is 6.29. The van der Waals surface area contributed by atoms with Crippen molar-refractivity contribution < 1.29 is 4.79 Å². The molecule has 1 heterocycles. The van der Waals surface area contributed by atoms with Crippen LogP contribution >= 0.6 is 0 Å². The van der Waals surface area contributed by atoms with Crippen LogP contribution < -0.4 is 10.6 Å². The number of hydrogen-bond acceptors (Lipinski definition) is 4. The molecule has 0 aliphatic heterocycles. The molecule has 1 unspecified atom stereocenters. The molecule has 1 atom stereocenters. The van der Waals surface area contributed by atoms with Crippen molar-refractivity contribution in [3.05, 3.63) is 30.6 Å². The van der Waals surface area contributed by atoms with Gasteiger partial charge >= 0.3 is 0 Å². The van der Waals surface area contributed by atoms with Gasteiger partial charge in [0.2, 0.25) is 5.91 Å². The first-order chi connectivity index (χ1) is 9.63. The molecule has 0 saturated carbocycles. The molecule has 106 valence electrons. The van der Waals surface area contributed by atoms with Gasteiger partial charge < -0.3 is 15.2 Å². The van der Waals surface area contributed by atoms with Gasteiger partial charge in [0.25, 0.3) is 0 Å². The van der Waals surface area contributed by atoms with Crippen molar-refractivity contribution in [2.45, 2.75) is 6.92 Å². The van der Waals surface area contributed by atoms with Gasteiger partial charge in [-0.3, -0.25) is 4.79 Å². The Labute approximate surface area is 118 Å². The number of carbonyl (C=O) groups is 1. The number of amides is 1. The van der Waals surface area contributed by atoms with Gasteiger partial charge in [-0.25, -0.2) is 0 Å². The number of para-hydroxylation sites is 1. The molecule has 2 aromatic rings. The van der Waals surface area contributed by atoms with Crippen LogP contribution in [0.2, 0.25) is 0 Å². The number of hydrogen-bond donors (Lipinski definition) is 2. The van der Waals surface area contributed by atoms with Crippen LogP contribution in [-0.4, -0.2) is 34.3 Å². The molecule has 0 radical (unpaired) electrons. The first-order valence-electron chi connectivity index (χ1n) is 6.52. The minimum atomic E-state index is -0.104. The Bertz CT molecular complexity index is 593. The Kier molecular flexibility index (Phi) is 4.47. The van der Waals surface area contributed by atoms with E-state index in [0.29, 0.717) is 6.54 Å². The maximum atomic E-state index is 12.1. The van der Waals surface area contributed by atoms with E-state index in [2.05, 4.69) is 20.8 Å². The number of aromatic nitrogens is 3. The molecule has 2 rings (SSSR count). The third-order valence-electron chi connectivity index (χ3n) is 3.10. The predicted octanol–water partition coefficient (Wildman–Crippen LogP) is 1.28.